The summed E-state index contributed by atoms with van der Waals surface area (Å²) in [4.78, 5) is 35.6. The maximum absolute atomic E-state index is 13.0. The number of benzene rings is 2. The quantitative estimate of drug-likeness (QED) is 0.330. The third-order valence-corrected chi connectivity index (χ3v) is 7.16. The zero-order valence-corrected chi connectivity index (χ0v) is 20.0. The van der Waals surface area contributed by atoms with Crippen LogP contribution in [0, 0.1) is 24.0 Å². The second kappa shape index (κ2) is 10.5. The maximum atomic E-state index is 13.0. The number of anilines is 1. The molecule has 0 aliphatic heterocycles. The first-order valence-corrected chi connectivity index (χ1v) is 11.8. The summed E-state index contributed by atoms with van der Waals surface area (Å²) in [6, 6.07) is 6.15. The van der Waals surface area contributed by atoms with Gasteiger partial charge in [-0.3, -0.25) is 14.9 Å². The van der Waals surface area contributed by atoms with Crippen molar-refractivity contribution >= 4 is 33.3 Å². The number of sulfonamides is 1. The average Bonchev–Trinajstić information content (AvgIpc) is 2.77. The number of non-ortho nitro benzene ring substituents is 1. The first-order valence-electron chi connectivity index (χ1n) is 10.4. The lowest BCUT2D eigenvalue weighted by atomic mass is 10.1. The molecule has 0 bridgehead atoms. The summed E-state index contributed by atoms with van der Waals surface area (Å²) in [7, 11) is -3.77. The van der Waals surface area contributed by atoms with Gasteiger partial charge in [-0.2, -0.15) is 4.31 Å². The van der Waals surface area contributed by atoms with Gasteiger partial charge < -0.3 is 10.1 Å². The molecule has 0 spiro atoms. The van der Waals surface area contributed by atoms with E-state index in [1.54, 1.807) is 34.6 Å². The van der Waals surface area contributed by atoms with Crippen molar-refractivity contribution in [3.63, 3.8) is 0 Å². The van der Waals surface area contributed by atoms with E-state index in [-0.39, 0.29) is 41.4 Å². The standard InChI is InChI=1S/C22H27N3O7S/c1-6-24(7-2)33(30,31)19-9-14(4)15(5)20(13-19)23-21(26)16-10-17(22(27)32-8-3)12-18(11-16)25(28)29/h9-13H,6-8H2,1-5H3,(H,23,26). The molecule has 0 atom stereocenters. The molecule has 2 aromatic carbocycles. The predicted molar refractivity (Wildman–Crippen MR) is 123 cm³/mol. The predicted octanol–water partition coefficient (Wildman–Crippen LogP) is 3.67. The minimum absolute atomic E-state index is 0.0239. The SMILES string of the molecule is CCOC(=O)c1cc(C(=O)Nc2cc(S(=O)(=O)N(CC)CC)cc(C)c2C)cc([N+](=O)[O-])c1. The minimum Gasteiger partial charge on any atom is -0.462 e. The van der Waals surface area contributed by atoms with E-state index in [0.29, 0.717) is 11.1 Å². The molecule has 178 valence electrons. The van der Waals surface area contributed by atoms with Crippen LogP contribution in [0.3, 0.4) is 0 Å². The molecule has 0 aromatic heterocycles. The third kappa shape index (κ3) is 5.74. The zero-order valence-electron chi connectivity index (χ0n) is 19.2. The fraction of sp³-hybridized carbons (Fsp3) is 0.364. The van der Waals surface area contributed by atoms with Crippen LogP contribution in [0.25, 0.3) is 0 Å². The number of aryl methyl sites for hydroxylation is 1. The lowest BCUT2D eigenvalue weighted by Crippen LogP contribution is -2.30. The molecule has 33 heavy (non-hydrogen) atoms. The molecule has 0 saturated heterocycles. The Kier molecular flexibility index (Phi) is 8.29. The van der Waals surface area contributed by atoms with Crippen LogP contribution in [0.1, 0.15) is 52.6 Å². The summed E-state index contributed by atoms with van der Waals surface area (Å²) in [5, 5.41) is 13.9. The number of hydrogen-bond acceptors (Lipinski definition) is 7. The molecule has 11 heteroatoms. The smallest absolute Gasteiger partial charge is 0.338 e. The van der Waals surface area contributed by atoms with Crippen LogP contribution in [0.5, 0.6) is 0 Å². The number of amides is 1. The molecular weight excluding hydrogens is 450 g/mol. The number of carbonyl (C=O) groups is 2. The second-order valence-corrected chi connectivity index (χ2v) is 9.14. The van der Waals surface area contributed by atoms with Gasteiger partial charge in [0.05, 0.1) is 22.0 Å². The number of nitro groups is 1. The molecule has 0 radical (unpaired) electrons. The van der Waals surface area contributed by atoms with E-state index in [4.69, 9.17) is 4.74 Å². The van der Waals surface area contributed by atoms with Crippen molar-refractivity contribution in [3.8, 4) is 0 Å². The van der Waals surface area contributed by atoms with E-state index in [2.05, 4.69) is 5.32 Å². The van der Waals surface area contributed by atoms with Crippen molar-refractivity contribution in [2.24, 2.45) is 0 Å². The van der Waals surface area contributed by atoms with Crippen LogP contribution in [0.15, 0.2) is 35.2 Å². The molecule has 0 aliphatic carbocycles. The minimum atomic E-state index is -3.77. The number of ether oxygens (including phenoxy) is 1. The summed E-state index contributed by atoms with van der Waals surface area (Å²) in [6.07, 6.45) is 0. The molecule has 0 unspecified atom stereocenters. The van der Waals surface area contributed by atoms with E-state index in [9.17, 15) is 28.1 Å². The van der Waals surface area contributed by atoms with Crippen molar-refractivity contribution in [3.05, 3.63) is 62.7 Å². The number of esters is 1. The number of carbonyl (C=O) groups excluding carboxylic acids is 2. The fourth-order valence-electron chi connectivity index (χ4n) is 3.19. The number of hydrogen-bond donors (Lipinski definition) is 1. The molecule has 2 aromatic rings. The Hall–Kier alpha value is -3.31. The highest BCUT2D eigenvalue weighted by Crippen LogP contribution is 2.27. The number of nitro benzene ring substituents is 1. The van der Waals surface area contributed by atoms with Gasteiger partial charge in [0.2, 0.25) is 10.0 Å². The molecule has 0 saturated carbocycles. The molecule has 2 rings (SSSR count). The van der Waals surface area contributed by atoms with Crippen LogP contribution in [0.2, 0.25) is 0 Å². The number of nitrogens with one attached hydrogen (secondary N) is 1. The zero-order chi connectivity index (χ0) is 24.9. The molecule has 10 nitrogen and oxygen atoms in total. The topological polar surface area (TPSA) is 136 Å². The van der Waals surface area contributed by atoms with Crippen molar-refractivity contribution in [2.75, 3.05) is 25.0 Å². The third-order valence-electron chi connectivity index (χ3n) is 5.13. The summed E-state index contributed by atoms with van der Waals surface area (Å²) >= 11 is 0. The Balaban J connectivity index is 2.51. The van der Waals surface area contributed by atoms with Gasteiger partial charge in [-0.1, -0.05) is 13.8 Å². The van der Waals surface area contributed by atoms with Crippen molar-refractivity contribution in [2.45, 2.75) is 39.5 Å². The number of nitrogens with zero attached hydrogens (tertiary/aromatic N) is 2. The van der Waals surface area contributed by atoms with Crippen LogP contribution >= 0.6 is 0 Å². The summed E-state index contributed by atoms with van der Waals surface area (Å²) in [6.45, 7) is 9.13. The van der Waals surface area contributed by atoms with Crippen molar-refractivity contribution < 1.29 is 27.7 Å². The summed E-state index contributed by atoms with van der Waals surface area (Å²) in [5.74, 6) is -1.53. The highest BCUT2D eigenvalue weighted by Gasteiger charge is 2.24. The molecular formula is C22H27N3O7S. The van der Waals surface area contributed by atoms with Crippen LogP contribution in [0.4, 0.5) is 11.4 Å². The first-order chi connectivity index (χ1) is 15.5. The lowest BCUT2D eigenvalue weighted by Gasteiger charge is -2.20. The number of rotatable bonds is 9. The van der Waals surface area contributed by atoms with Gasteiger partial charge in [0.15, 0.2) is 0 Å². The highest BCUT2D eigenvalue weighted by atomic mass is 32.2. The summed E-state index contributed by atoms with van der Waals surface area (Å²) < 4.78 is 32.1. The van der Waals surface area contributed by atoms with E-state index >= 15 is 0 Å². The van der Waals surface area contributed by atoms with Gasteiger partial charge in [-0.15, -0.1) is 0 Å². The fourth-order valence-corrected chi connectivity index (χ4v) is 4.76. The lowest BCUT2D eigenvalue weighted by molar-refractivity contribution is -0.384. The van der Waals surface area contributed by atoms with Crippen LogP contribution in [-0.4, -0.2) is 49.2 Å². The molecule has 0 heterocycles. The Bertz CT molecular complexity index is 1190. The highest BCUT2D eigenvalue weighted by molar-refractivity contribution is 7.89. The Labute approximate surface area is 192 Å². The largest absolute Gasteiger partial charge is 0.462 e. The van der Waals surface area contributed by atoms with Crippen LogP contribution in [-0.2, 0) is 14.8 Å². The van der Waals surface area contributed by atoms with Crippen molar-refractivity contribution in [1.29, 1.82) is 0 Å². The molecule has 1 amide bonds. The van der Waals surface area contributed by atoms with Gasteiger partial charge in [0.25, 0.3) is 11.6 Å². The normalized spacial score (nSPS) is 11.3. The monoisotopic (exact) mass is 477 g/mol. The maximum Gasteiger partial charge on any atom is 0.338 e. The van der Waals surface area contributed by atoms with Gasteiger partial charge in [-0.25, -0.2) is 13.2 Å². The molecule has 0 fully saturated rings. The first kappa shape index (κ1) is 25.9. The van der Waals surface area contributed by atoms with Gasteiger partial charge in [-0.05, 0) is 50.1 Å². The molecule has 0 aliphatic rings. The Morgan fingerprint density at radius 1 is 1.03 bits per heavy atom. The van der Waals surface area contributed by atoms with Gasteiger partial charge >= 0.3 is 5.97 Å². The Morgan fingerprint density at radius 2 is 1.64 bits per heavy atom. The Morgan fingerprint density at radius 3 is 2.18 bits per heavy atom. The van der Waals surface area contributed by atoms with Crippen LogP contribution < -0.4 is 5.32 Å². The van der Waals surface area contributed by atoms with Crippen molar-refractivity contribution in [1.82, 2.24) is 4.31 Å². The van der Waals surface area contributed by atoms with Gasteiger partial charge in [0, 0.05) is 36.5 Å². The van der Waals surface area contributed by atoms with E-state index in [1.807, 2.05) is 0 Å². The molecule has 1 N–H and O–H groups in total. The van der Waals surface area contributed by atoms with E-state index in [0.717, 1.165) is 12.1 Å². The van der Waals surface area contributed by atoms with E-state index < -0.39 is 32.5 Å². The van der Waals surface area contributed by atoms with E-state index in [1.165, 1.54) is 22.5 Å². The summed E-state index contributed by atoms with van der Waals surface area (Å²) in [5.41, 5.74) is 0.803. The second-order valence-electron chi connectivity index (χ2n) is 7.20. The van der Waals surface area contributed by atoms with Gasteiger partial charge in [0.1, 0.15) is 0 Å². The average molecular weight is 478 g/mol.